The molecule has 0 aliphatic carbocycles. The van der Waals surface area contributed by atoms with Crippen LogP contribution in [0.1, 0.15) is 22.3 Å². The summed E-state index contributed by atoms with van der Waals surface area (Å²) in [4.78, 5) is 11.1. The van der Waals surface area contributed by atoms with Crippen molar-refractivity contribution in [2.45, 2.75) is 27.3 Å². The van der Waals surface area contributed by atoms with E-state index in [1.807, 2.05) is 26.8 Å². The van der Waals surface area contributed by atoms with Gasteiger partial charge >= 0.3 is 0 Å². The number of carbonyl (C=O) groups excluding carboxylic acids is 1. The van der Waals surface area contributed by atoms with E-state index in [0.717, 1.165) is 28.0 Å². The standard InChI is InChI=1S/C13H18ClNO2/c1-8-5-11(7-15-12(16)6-14)9(2)10(3)13(8)17-4/h5H,6-7H2,1-4H3,(H,15,16). The Morgan fingerprint density at radius 3 is 2.53 bits per heavy atom. The van der Waals surface area contributed by atoms with Crippen molar-refractivity contribution < 1.29 is 9.53 Å². The number of rotatable bonds is 4. The lowest BCUT2D eigenvalue weighted by Gasteiger charge is -2.15. The number of hydrogen-bond acceptors (Lipinski definition) is 2. The largest absolute Gasteiger partial charge is 0.496 e. The third-order valence-corrected chi connectivity index (χ3v) is 3.18. The van der Waals surface area contributed by atoms with Crippen LogP contribution in [-0.4, -0.2) is 18.9 Å². The quantitative estimate of drug-likeness (QED) is 0.840. The van der Waals surface area contributed by atoms with Gasteiger partial charge in [-0.15, -0.1) is 11.6 Å². The van der Waals surface area contributed by atoms with Gasteiger partial charge in [0.05, 0.1) is 7.11 Å². The second-order valence-corrected chi connectivity index (χ2v) is 4.31. The lowest BCUT2D eigenvalue weighted by Crippen LogP contribution is -2.24. The molecule has 3 nitrogen and oxygen atoms in total. The van der Waals surface area contributed by atoms with Crippen LogP contribution in [0.25, 0.3) is 0 Å². The van der Waals surface area contributed by atoms with E-state index in [1.54, 1.807) is 7.11 Å². The smallest absolute Gasteiger partial charge is 0.235 e. The fourth-order valence-electron chi connectivity index (χ4n) is 1.88. The second-order valence-electron chi connectivity index (χ2n) is 4.05. The number of nitrogens with one attached hydrogen (secondary N) is 1. The minimum atomic E-state index is -0.155. The molecule has 0 aliphatic heterocycles. The fourth-order valence-corrected chi connectivity index (χ4v) is 1.98. The predicted octanol–water partition coefficient (Wildman–Crippen LogP) is 2.48. The number of ether oxygens (including phenoxy) is 1. The Morgan fingerprint density at radius 1 is 1.35 bits per heavy atom. The van der Waals surface area contributed by atoms with E-state index in [9.17, 15) is 4.79 Å². The van der Waals surface area contributed by atoms with E-state index in [2.05, 4.69) is 5.32 Å². The molecule has 0 bridgehead atoms. The maximum atomic E-state index is 11.1. The molecule has 0 radical (unpaired) electrons. The number of amides is 1. The molecule has 0 heterocycles. The van der Waals surface area contributed by atoms with Crippen LogP contribution in [0, 0.1) is 20.8 Å². The van der Waals surface area contributed by atoms with Gasteiger partial charge in [0.25, 0.3) is 0 Å². The number of carbonyl (C=O) groups is 1. The molecular formula is C13H18ClNO2. The number of aryl methyl sites for hydroxylation is 1. The van der Waals surface area contributed by atoms with Crippen LogP contribution in [-0.2, 0) is 11.3 Å². The highest BCUT2D eigenvalue weighted by Crippen LogP contribution is 2.28. The van der Waals surface area contributed by atoms with E-state index in [1.165, 1.54) is 0 Å². The minimum absolute atomic E-state index is 0.00678. The molecule has 0 saturated carbocycles. The van der Waals surface area contributed by atoms with Gasteiger partial charge in [-0.2, -0.15) is 0 Å². The molecule has 0 aromatic heterocycles. The molecule has 17 heavy (non-hydrogen) atoms. The van der Waals surface area contributed by atoms with E-state index < -0.39 is 0 Å². The Hall–Kier alpha value is -1.22. The Labute approximate surface area is 107 Å². The van der Waals surface area contributed by atoms with Gasteiger partial charge in [0.15, 0.2) is 0 Å². The number of halogens is 1. The van der Waals surface area contributed by atoms with Crippen molar-refractivity contribution in [1.82, 2.24) is 5.32 Å². The van der Waals surface area contributed by atoms with Gasteiger partial charge in [-0.1, -0.05) is 6.07 Å². The first-order valence-electron chi connectivity index (χ1n) is 5.47. The van der Waals surface area contributed by atoms with Crippen molar-refractivity contribution in [3.8, 4) is 5.75 Å². The molecule has 1 N–H and O–H groups in total. The van der Waals surface area contributed by atoms with Crippen LogP contribution in [0.4, 0.5) is 0 Å². The molecule has 1 rings (SSSR count). The van der Waals surface area contributed by atoms with E-state index >= 15 is 0 Å². The zero-order valence-electron chi connectivity index (χ0n) is 10.7. The molecule has 94 valence electrons. The number of methoxy groups -OCH3 is 1. The van der Waals surface area contributed by atoms with Gasteiger partial charge in [-0.05, 0) is 43.0 Å². The summed E-state index contributed by atoms with van der Waals surface area (Å²) < 4.78 is 5.35. The summed E-state index contributed by atoms with van der Waals surface area (Å²) in [6.07, 6.45) is 0. The first-order chi connectivity index (χ1) is 8.01. The zero-order chi connectivity index (χ0) is 13.0. The van der Waals surface area contributed by atoms with Gasteiger partial charge in [0.2, 0.25) is 5.91 Å². The summed E-state index contributed by atoms with van der Waals surface area (Å²) in [6.45, 7) is 6.55. The Balaban J connectivity index is 2.98. The molecule has 0 atom stereocenters. The lowest BCUT2D eigenvalue weighted by atomic mass is 9.98. The summed E-state index contributed by atoms with van der Waals surface area (Å²) in [7, 11) is 1.67. The maximum Gasteiger partial charge on any atom is 0.235 e. The molecule has 4 heteroatoms. The SMILES string of the molecule is COc1c(C)cc(CNC(=O)CCl)c(C)c1C. The van der Waals surface area contributed by atoms with Crippen LogP contribution in [0.5, 0.6) is 5.75 Å². The second kappa shape index (κ2) is 5.92. The molecular weight excluding hydrogens is 238 g/mol. The van der Waals surface area contributed by atoms with Crippen LogP contribution >= 0.6 is 11.6 Å². The lowest BCUT2D eigenvalue weighted by molar-refractivity contribution is -0.118. The van der Waals surface area contributed by atoms with Crippen LogP contribution < -0.4 is 10.1 Å². The summed E-state index contributed by atoms with van der Waals surface area (Å²) in [6, 6.07) is 2.04. The normalized spacial score (nSPS) is 10.2. The fraction of sp³-hybridized carbons (Fsp3) is 0.462. The molecule has 1 amide bonds. The summed E-state index contributed by atoms with van der Waals surface area (Å²) in [5.41, 5.74) is 4.43. The number of hydrogen-bond donors (Lipinski definition) is 1. The first-order valence-corrected chi connectivity index (χ1v) is 6.01. The predicted molar refractivity (Wildman–Crippen MR) is 69.8 cm³/mol. The van der Waals surface area contributed by atoms with Crippen LogP contribution in [0.3, 0.4) is 0 Å². The van der Waals surface area contributed by atoms with E-state index in [-0.39, 0.29) is 11.8 Å². The molecule has 0 fully saturated rings. The topological polar surface area (TPSA) is 38.3 Å². The summed E-state index contributed by atoms with van der Waals surface area (Å²) >= 11 is 5.44. The van der Waals surface area contributed by atoms with Crippen molar-refractivity contribution >= 4 is 17.5 Å². The van der Waals surface area contributed by atoms with E-state index in [4.69, 9.17) is 16.3 Å². The van der Waals surface area contributed by atoms with Crippen LogP contribution in [0.15, 0.2) is 6.07 Å². The number of benzene rings is 1. The first kappa shape index (κ1) is 13.8. The van der Waals surface area contributed by atoms with Crippen molar-refractivity contribution in [1.29, 1.82) is 0 Å². The highest BCUT2D eigenvalue weighted by Gasteiger charge is 2.10. The summed E-state index contributed by atoms with van der Waals surface area (Å²) in [5.74, 6) is 0.750. The highest BCUT2D eigenvalue weighted by atomic mass is 35.5. The monoisotopic (exact) mass is 255 g/mol. The molecule has 1 aromatic carbocycles. The maximum absolute atomic E-state index is 11.1. The van der Waals surface area contributed by atoms with Crippen molar-refractivity contribution in [2.75, 3.05) is 13.0 Å². The van der Waals surface area contributed by atoms with Gasteiger partial charge < -0.3 is 10.1 Å². The molecule has 0 aliphatic rings. The van der Waals surface area contributed by atoms with Gasteiger partial charge in [-0.3, -0.25) is 4.79 Å². The van der Waals surface area contributed by atoms with Gasteiger partial charge in [0.1, 0.15) is 11.6 Å². The molecule has 0 unspecified atom stereocenters. The average Bonchev–Trinajstić information content (AvgIpc) is 2.32. The Bertz CT molecular complexity index is 430. The summed E-state index contributed by atoms with van der Waals surface area (Å²) in [5, 5.41) is 2.77. The van der Waals surface area contributed by atoms with Gasteiger partial charge in [-0.25, -0.2) is 0 Å². The average molecular weight is 256 g/mol. The van der Waals surface area contributed by atoms with Crippen molar-refractivity contribution in [3.05, 3.63) is 28.3 Å². The Kier molecular flexibility index (Phi) is 4.82. The van der Waals surface area contributed by atoms with E-state index in [0.29, 0.717) is 6.54 Å². The number of alkyl halides is 1. The third-order valence-electron chi connectivity index (χ3n) is 2.94. The van der Waals surface area contributed by atoms with Crippen molar-refractivity contribution in [3.63, 3.8) is 0 Å². The van der Waals surface area contributed by atoms with Crippen LogP contribution in [0.2, 0.25) is 0 Å². The van der Waals surface area contributed by atoms with Gasteiger partial charge in [0, 0.05) is 6.54 Å². The molecule has 0 spiro atoms. The minimum Gasteiger partial charge on any atom is -0.496 e. The van der Waals surface area contributed by atoms with Crippen molar-refractivity contribution in [2.24, 2.45) is 0 Å². The Morgan fingerprint density at radius 2 is 2.00 bits per heavy atom. The zero-order valence-corrected chi connectivity index (χ0v) is 11.4. The molecule has 0 saturated heterocycles. The third kappa shape index (κ3) is 3.13. The highest BCUT2D eigenvalue weighted by molar-refractivity contribution is 6.27. The molecule has 1 aromatic rings.